The second-order valence-electron chi connectivity index (χ2n) is 4.96. The van der Waals surface area contributed by atoms with Crippen molar-refractivity contribution in [2.75, 3.05) is 19.6 Å². The summed E-state index contributed by atoms with van der Waals surface area (Å²) in [5.41, 5.74) is 0. The fourth-order valence-corrected chi connectivity index (χ4v) is 4.19. The summed E-state index contributed by atoms with van der Waals surface area (Å²) >= 11 is 0. The van der Waals surface area contributed by atoms with Gasteiger partial charge in [0, 0.05) is 19.1 Å². The molecule has 1 aromatic rings. The van der Waals surface area contributed by atoms with Crippen molar-refractivity contribution in [2.45, 2.75) is 30.7 Å². The van der Waals surface area contributed by atoms with Crippen molar-refractivity contribution in [3.05, 3.63) is 29.6 Å². The Morgan fingerprint density at radius 1 is 1.29 bits per heavy atom. The zero-order valence-corrected chi connectivity index (χ0v) is 12.4. The van der Waals surface area contributed by atoms with Crippen molar-refractivity contribution in [3.63, 3.8) is 0 Å². The van der Waals surface area contributed by atoms with Gasteiger partial charge in [-0.05, 0) is 31.5 Å². The predicted octanol–water partition coefficient (Wildman–Crippen LogP) is 1.87. The monoisotopic (exact) mass is 322 g/mol. The van der Waals surface area contributed by atoms with Gasteiger partial charge in [-0.15, -0.1) is 0 Å². The fraction of sp³-hybridized carbons (Fsp3) is 0.538. The van der Waals surface area contributed by atoms with Crippen LogP contribution in [0.25, 0.3) is 0 Å². The largest absolute Gasteiger partial charge is 0.315 e. The van der Waals surface area contributed by atoms with Gasteiger partial charge in [-0.2, -0.15) is 4.31 Å². The molecule has 1 aromatic carbocycles. The van der Waals surface area contributed by atoms with Crippen molar-refractivity contribution in [2.24, 2.45) is 0 Å². The van der Waals surface area contributed by atoms with Crippen LogP contribution in [-0.4, -0.2) is 38.4 Å². The molecule has 0 aliphatic carbocycles. The highest BCUT2D eigenvalue weighted by molar-refractivity contribution is 7.89. The molecule has 118 valence electrons. The fourth-order valence-electron chi connectivity index (χ4n) is 2.42. The third-order valence-electron chi connectivity index (χ3n) is 3.45. The molecule has 1 aliphatic heterocycles. The van der Waals surface area contributed by atoms with Crippen LogP contribution >= 0.6 is 0 Å². The molecule has 0 radical (unpaired) electrons. The minimum Gasteiger partial charge on any atom is -0.315 e. The molecule has 1 aliphatic rings. The van der Waals surface area contributed by atoms with Crippen LogP contribution in [0.15, 0.2) is 17.0 Å². The Morgan fingerprint density at radius 2 is 1.90 bits per heavy atom. The van der Waals surface area contributed by atoms with E-state index in [2.05, 4.69) is 5.32 Å². The standard InChI is InChI=1S/C13H17F3N2O2S/c1-2-5-18(9-3-4-17-8-9)21(19,20)10-6-11(14)13(16)12(15)7-10/h6-7,9,17H,2-5,8H2,1H3. The molecule has 2 rings (SSSR count). The first kappa shape index (κ1) is 16.3. The first-order valence-corrected chi connectivity index (χ1v) is 8.19. The van der Waals surface area contributed by atoms with Crippen LogP contribution in [0.1, 0.15) is 19.8 Å². The van der Waals surface area contributed by atoms with E-state index in [0.717, 1.165) is 0 Å². The van der Waals surface area contributed by atoms with E-state index in [-0.39, 0.29) is 12.6 Å². The minimum atomic E-state index is -4.06. The van der Waals surface area contributed by atoms with Gasteiger partial charge in [-0.25, -0.2) is 21.6 Å². The van der Waals surface area contributed by atoms with Crippen LogP contribution < -0.4 is 5.32 Å². The van der Waals surface area contributed by atoms with Crippen molar-refractivity contribution in [1.82, 2.24) is 9.62 Å². The van der Waals surface area contributed by atoms with Gasteiger partial charge in [-0.3, -0.25) is 0 Å². The summed E-state index contributed by atoms with van der Waals surface area (Å²) in [7, 11) is -4.06. The molecule has 4 nitrogen and oxygen atoms in total. The lowest BCUT2D eigenvalue weighted by molar-refractivity contribution is 0.334. The maximum absolute atomic E-state index is 13.3. The molecule has 21 heavy (non-hydrogen) atoms. The average Bonchev–Trinajstić information content (AvgIpc) is 2.95. The number of rotatable bonds is 5. The second kappa shape index (κ2) is 6.33. The quantitative estimate of drug-likeness (QED) is 0.842. The maximum Gasteiger partial charge on any atom is 0.243 e. The van der Waals surface area contributed by atoms with Crippen molar-refractivity contribution in [3.8, 4) is 0 Å². The summed E-state index contributed by atoms with van der Waals surface area (Å²) in [6.07, 6.45) is 1.20. The maximum atomic E-state index is 13.3. The van der Waals surface area contributed by atoms with Crippen molar-refractivity contribution < 1.29 is 21.6 Å². The van der Waals surface area contributed by atoms with Gasteiger partial charge in [0.25, 0.3) is 0 Å². The number of nitrogens with zero attached hydrogens (tertiary/aromatic N) is 1. The van der Waals surface area contributed by atoms with Crippen LogP contribution in [0.3, 0.4) is 0 Å². The predicted molar refractivity (Wildman–Crippen MR) is 71.8 cm³/mol. The third-order valence-corrected chi connectivity index (χ3v) is 5.38. The molecule has 0 saturated carbocycles. The van der Waals surface area contributed by atoms with E-state index in [1.54, 1.807) is 0 Å². The van der Waals surface area contributed by atoms with Gasteiger partial charge in [0.05, 0.1) is 4.90 Å². The molecule has 1 fully saturated rings. The molecule has 0 bridgehead atoms. The zero-order chi connectivity index (χ0) is 15.6. The Kier molecular flexibility index (Phi) is 4.90. The number of sulfonamides is 1. The van der Waals surface area contributed by atoms with E-state index in [0.29, 0.717) is 38.1 Å². The smallest absolute Gasteiger partial charge is 0.243 e. The first-order chi connectivity index (χ1) is 9.87. The highest BCUT2D eigenvalue weighted by Crippen LogP contribution is 2.24. The molecule has 1 N–H and O–H groups in total. The number of hydrogen-bond acceptors (Lipinski definition) is 3. The lowest BCUT2D eigenvalue weighted by Crippen LogP contribution is -2.42. The van der Waals surface area contributed by atoms with E-state index in [1.165, 1.54) is 4.31 Å². The molecule has 1 unspecified atom stereocenters. The lowest BCUT2D eigenvalue weighted by Gasteiger charge is -2.27. The first-order valence-electron chi connectivity index (χ1n) is 6.75. The van der Waals surface area contributed by atoms with E-state index in [4.69, 9.17) is 0 Å². The molecule has 0 amide bonds. The van der Waals surface area contributed by atoms with Crippen LogP contribution in [-0.2, 0) is 10.0 Å². The van der Waals surface area contributed by atoms with Crippen LogP contribution in [0.2, 0.25) is 0 Å². The van der Waals surface area contributed by atoms with Gasteiger partial charge in [0.15, 0.2) is 17.5 Å². The minimum absolute atomic E-state index is 0.245. The number of nitrogens with one attached hydrogen (secondary N) is 1. The summed E-state index contributed by atoms with van der Waals surface area (Å²) in [5.74, 6) is -4.68. The van der Waals surface area contributed by atoms with E-state index in [9.17, 15) is 21.6 Å². The summed E-state index contributed by atoms with van der Waals surface area (Å²) in [6.45, 7) is 3.24. The molecular weight excluding hydrogens is 305 g/mol. The van der Waals surface area contributed by atoms with Gasteiger partial charge >= 0.3 is 0 Å². The van der Waals surface area contributed by atoms with Crippen LogP contribution in [0.4, 0.5) is 13.2 Å². The molecule has 1 heterocycles. The molecule has 0 spiro atoms. The Balaban J connectivity index is 2.42. The summed E-state index contributed by atoms with van der Waals surface area (Å²) in [4.78, 5) is -0.556. The van der Waals surface area contributed by atoms with Gasteiger partial charge in [0.1, 0.15) is 0 Å². The van der Waals surface area contributed by atoms with Crippen molar-refractivity contribution >= 4 is 10.0 Å². The zero-order valence-electron chi connectivity index (χ0n) is 11.6. The highest BCUT2D eigenvalue weighted by atomic mass is 32.2. The molecule has 0 aromatic heterocycles. The van der Waals surface area contributed by atoms with E-state index in [1.807, 2.05) is 6.92 Å². The Labute approximate surface area is 122 Å². The molecule has 1 atom stereocenters. The normalized spacial score (nSPS) is 19.4. The van der Waals surface area contributed by atoms with Crippen LogP contribution in [0.5, 0.6) is 0 Å². The lowest BCUT2D eigenvalue weighted by atomic mass is 10.2. The molecule has 1 saturated heterocycles. The topological polar surface area (TPSA) is 49.4 Å². The molecular formula is C13H17F3N2O2S. The SMILES string of the molecule is CCCN(C1CCNC1)S(=O)(=O)c1cc(F)c(F)c(F)c1. The number of hydrogen-bond donors (Lipinski definition) is 1. The summed E-state index contributed by atoms with van der Waals surface area (Å²) in [5, 5.41) is 3.05. The van der Waals surface area contributed by atoms with E-state index >= 15 is 0 Å². The van der Waals surface area contributed by atoms with Crippen LogP contribution in [0, 0.1) is 17.5 Å². The second-order valence-corrected chi connectivity index (χ2v) is 6.85. The van der Waals surface area contributed by atoms with E-state index < -0.39 is 32.4 Å². The Morgan fingerprint density at radius 3 is 2.38 bits per heavy atom. The molecule has 8 heteroatoms. The third kappa shape index (κ3) is 3.22. The number of halogens is 3. The average molecular weight is 322 g/mol. The van der Waals surface area contributed by atoms with Gasteiger partial charge in [0.2, 0.25) is 10.0 Å². The Bertz CT molecular complexity index is 593. The number of benzene rings is 1. The summed E-state index contributed by atoms with van der Waals surface area (Å²) in [6, 6.07) is 0.795. The highest BCUT2D eigenvalue weighted by Gasteiger charge is 2.33. The Hall–Kier alpha value is -1.12. The summed E-state index contributed by atoms with van der Waals surface area (Å²) < 4.78 is 65.9. The van der Waals surface area contributed by atoms with Gasteiger partial charge < -0.3 is 5.32 Å². The van der Waals surface area contributed by atoms with Gasteiger partial charge in [-0.1, -0.05) is 6.92 Å². The van der Waals surface area contributed by atoms with Crippen molar-refractivity contribution in [1.29, 1.82) is 0 Å².